The highest BCUT2D eigenvalue weighted by Gasteiger charge is 1.94. The largest absolute Gasteiger partial charge is 0.476 e. The predicted molar refractivity (Wildman–Crippen MR) is 72.9 cm³/mol. The molecule has 0 saturated heterocycles. The van der Waals surface area contributed by atoms with Crippen LogP contribution in [0.5, 0.6) is 5.88 Å². The maximum Gasteiger partial charge on any atom is 0.213 e. The van der Waals surface area contributed by atoms with Crippen LogP contribution in [0.25, 0.3) is 0 Å². The molecule has 0 amide bonds. The van der Waals surface area contributed by atoms with Crippen LogP contribution >= 0.6 is 12.4 Å². The van der Waals surface area contributed by atoms with E-state index in [4.69, 9.17) is 4.74 Å². The molecule has 18 heavy (non-hydrogen) atoms. The van der Waals surface area contributed by atoms with Gasteiger partial charge in [0.2, 0.25) is 5.88 Å². The summed E-state index contributed by atoms with van der Waals surface area (Å²) >= 11 is 0. The molecule has 4 nitrogen and oxygen atoms in total. The molecule has 0 aliphatic heterocycles. The molecular formula is C13H16ClN3O. The summed E-state index contributed by atoms with van der Waals surface area (Å²) < 4.78 is 5.45. The minimum atomic E-state index is 0. The molecule has 0 unspecified atom stereocenters. The molecule has 0 atom stereocenters. The van der Waals surface area contributed by atoms with Gasteiger partial charge in [-0.15, -0.1) is 12.4 Å². The van der Waals surface area contributed by atoms with Gasteiger partial charge < -0.3 is 10.1 Å². The maximum absolute atomic E-state index is 5.45. The summed E-state index contributed by atoms with van der Waals surface area (Å²) in [6.07, 6.45) is 5.35. The van der Waals surface area contributed by atoms with Gasteiger partial charge in [-0.2, -0.15) is 0 Å². The van der Waals surface area contributed by atoms with E-state index < -0.39 is 0 Å². The van der Waals surface area contributed by atoms with Crippen molar-refractivity contribution in [2.24, 2.45) is 0 Å². The monoisotopic (exact) mass is 265 g/mol. The number of halogens is 1. The summed E-state index contributed by atoms with van der Waals surface area (Å²) in [5, 5.41) is 3.28. The van der Waals surface area contributed by atoms with Crippen LogP contribution in [0.1, 0.15) is 5.56 Å². The number of ether oxygens (including phenoxy) is 1. The van der Waals surface area contributed by atoms with Gasteiger partial charge in [0.05, 0.1) is 0 Å². The van der Waals surface area contributed by atoms with E-state index in [1.165, 1.54) is 5.56 Å². The van der Waals surface area contributed by atoms with Crippen molar-refractivity contribution in [3.63, 3.8) is 0 Å². The third-order valence-corrected chi connectivity index (χ3v) is 2.22. The van der Waals surface area contributed by atoms with Gasteiger partial charge in [0.15, 0.2) is 0 Å². The molecule has 1 N–H and O–H groups in total. The highest BCUT2D eigenvalue weighted by Crippen LogP contribution is 2.02. The average Bonchev–Trinajstić information content (AvgIpc) is 2.41. The van der Waals surface area contributed by atoms with Crippen LogP contribution in [0.2, 0.25) is 0 Å². The van der Waals surface area contributed by atoms with Gasteiger partial charge in [-0.25, -0.2) is 4.98 Å². The molecule has 2 rings (SSSR count). The second-order valence-corrected chi connectivity index (χ2v) is 3.55. The lowest BCUT2D eigenvalue weighted by molar-refractivity contribution is 0.302. The van der Waals surface area contributed by atoms with Crippen LogP contribution in [-0.4, -0.2) is 23.1 Å². The molecule has 5 heteroatoms. The lowest BCUT2D eigenvalue weighted by Gasteiger charge is -2.06. The number of rotatable bonds is 6. The van der Waals surface area contributed by atoms with Gasteiger partial charge in [-0.1, -0.05) is 12.1 Å². The minimum absolute atomic E-state index is 0. The van der Waals surface area contributed by atoms with E-state index in [2.05, 4.69) is 15.3 Å². The molecule has 2 aromatic rings. The minimum Gasteiger partial charge on any atom is -0.476 e. The first-order chi connectivity index (χ1) is 8.45. The Hall–Kier alpha value is -1.65. The standard InChI is InChI=1S/C13H15N3O.ClH/c1-2-7-16-13(5-1)17-9-8-15-11-12-4-3-6-14-10-12;/h1-7,10,15H,8-9,11H2;1H. The Morgan fingerprint density at radius 3 is 2.78 bits per heavy atom. The Bertz CT molecular complexity index is 383. The second-order valence-electron chi connectivity index (χ2n) is 3.55. The summed E-state index contributed by atoms with van der Waals surface area (Å²) in [6, 6.07) is 9.60. The Labute approximate surface area is 113 Å². The number of hydrogen-bond acceptors (Lipinski definition) is 4. The summed E-state index contributed by atoms with van der Waals surface area (Å²) in [4.78, 5) is 8.12. The van der Waals surface area contributed by atoms with E-state index in [1.807, 2.05) is 36.5 Å². The van der Waals surface area contributed by atoms with Crippen LogP contribution in [-0.2, 0) is 6.54 Å². The molecule has 0 spiro atoms. The lowest BCUT2D eigenvalue weighted by atomic mass is 10.3. The SMILES string of the molecule is Cl.c1ccc(OCCNCc2cccnc2)nc1. The molecule has 0 saturated carbocycles. The molecule has 2 aromatic heterocycles. The van der Waals surface area contributed by atoms with E-state index in [0.717, 1.165) is 13.1 Å². The zero-order chi connectivity index (χ0) is 11.8. The van der Waals surface area contributed by atoms with Crippen LogP contribution in [0.15, 0.2) is 48.9 Å². The predicted octanol–water partition coefficient (Wildman–Crippen LogP) is 2.07. The number of nitrogens with one attached hydrogen (secondary N) is 1. The Kier molecular flexibility index (Phi) is 6.76. The Morgan fingerprint density at radius 1 is 1.11 bits per heavy atom. The van der Waals surface area contributed by atoms with Crippen LogP contribution < -0.4 is 10.1 Å². The maximum atomic E-state index is 5.45. The quantitative estimate of drug-likeness (QED) is 0.813. The van der Waals surface area contributed by atoms with Crippen molar-refractivity contribution in [2.45, 2.75) is 6.54 Å². The summed E-state index contributed by atoms with van der Waals surface area (Å²) in [5.41, 5.74) is 1.17. The molecule has 96 valence electrons. The average molecular weight is 266 g/mol. The van der Waals surface area contributed by atoms with Crippen molar-refractivity contribution < 1.29 is 4.74 Å². The zero-order valence-corrected chi connectivity index (χ0v) is 10.8. The van der Waals surface area contributed by atoms with Crippen molar-refractivity contribution >= 4 is 12.4 Å². The summed E-state index contributed by atoms with van der Waals surface area (Å²) in [6.45, 7) is 2.20. The highest BCUT2D eigenvalue weighted by molar-refractivity contribution is 5.85. The van der Waals surface area contributed by atoms with Crippen molar-refractivity contribution in [2.75, 3.05) is 13.2 Å². The van der Waals surface area contributed by atoms with E-state index in [1.54, 1.807) is 12.4 Å². The molecule has 0 fully saturated rings. The van der Waals surface area contributed by atoms with Crippen LogP contribution in [0.3, 0.4) is 0 Å². The van der Waals surface area contributed by atoms with Gasteiger partial charge in [-0.3, -0.25) is 4.98 Å². The molecule has 0 aliphatic rings. The first kappa shape index (κ1) is 14.4. The van der Waals surface area contributed by atoms with Gasteiger partial charge in [-0.05, 0) is 17.7 Å². The van der Waals surface area contributed by atoms with Crippen LogP contribution in [0, 0.1) is 0 Å². The normalized spacial score (nSPS) is 9.56. The molecule has 0 aliphatic carbocycles. The number of nitrogens with zero attached hydrogens (tertiary/aromatic N) is 2. The van der Waals surface area contributed by atoms with E-state index >= 15 is 0 Å². The third kappa shape index (κ3) is 5.12. The third-order valence-electron chi connectivity index (χ3n) is 2.22. The zero-order valence-electron chi connectivity index (χ0n) is 9.95. The van der Waals surface area contributed by atoms with Gasteiger partial charge in [0, 0.05) is 37.7 Å². The fraction of sp³-hybridized carbons (Fsp3) is 0.231. The smallest absolute Gasteiger partial charge is 0.213 e. The Morgan fingerprint density at radius 2 is 2.06 bits per heavy atom. The topological polar surface area (TPSA) is 47.0 Å². The molecule has 0 aromatic carbocycles. The van der Waals surface area contributed by atoms with Crippen LogP contribution in [0.4, 0.5) is 0 Å². The molecule has 0 bridgehead atoms. The van der Waals surface area contributed by atoms with Gasteiger partial charge in [0.1, 0.15) is 6.61 Å². The number of pyridine rings is 2. The number of aromatic nitrogens is 2. The fourth-order valence-electron chi connectivity index (χ4n) is 1.40. The van der Waals surface area contributed by atoms with E-state index in [0.29, 0.717) is 12.5 Å². The first-order valence-electron chi connectivity index (χ1n) is 5.58. The second kappa shape index (κ2) is 8.44. The van der Waals surface area contributed by atoms with E-state index in [-0.39, 0.29) is 12.4 Å². The molecule has 0 radical (unpaired) electrons. The first-order valence-corrected chi connectivity index (χ1v) is 5.58. The lowest BCUT2D eigenvalue weighted by Crippen LogP contribution is -2.20. The van der Waals surface area contributed by atoms with Crippen molar-refractivity contribution in [1.82, 2.24) is 15.3 Å². The fourth-order valence-corrected chi connectivity index (χ4v) is 1.40. The molecular weight excluding hydrogens is 250 g/mol. The molecule has 2 heterocycles. The number of hydrogen-bond donors (Lipinski definition) is 1. The van der Waals surface area contributed by atoms with E-state index in [9.17, 15) is 0 Å². The van der Waals surface area contributed by atoms with Crippen molar-refractivity contribution in [3.05, 3.63) is 54.5 Å². The Balaban J connectivity index is 0.00000162. The summed E-state index contributed by atoms with van der Waals surface area (Å²) in [5.74, 6) is 0.663. The van der Waals surface area contributed by atoms with Gasteiger partial charge >= 0.3 is 0 Å². The van der Waals surface area contributed by atoms with Gasteiger partial charge in [0.25, 0.3) is 0 Å². The highest BCUT2D eigenvalue weighted by atomic mass is 35.5. The summed E-state index contributed by atoms with van der Waals surface area (Å²) in [7, 11) is 0. The van der Waals surface area contributed by atoms with Crippen molar-refractivity contribution in [3.8, 4) is 5.88 Å². The van der Waals surface area contributed by atoms with Crippen molar-refractivity contribution in [1.29, 1.82) is 0 Å².